The van der Waals surface area contributed by atoms with Gasteiger partial charge in [0.2, 0.25) is 0 Å². The SMILES string of the molecule is COC(=O)C1(c2ccc([C@@H](CO[Si](C)(C)C(C)(C)C)NS(=O)C(C)(C)C)cc2)CCC1. The van der Waals surface area contributed by atoms with Crippen molar-refractivity contribution in [2.75, 3.05) is 13.7 Å². The van der Waals surface area contributed by atoms with Gasteiger partial charge in [0.25, 0.3) is 0 Å². The van der Waals surface area contributed by atoms with Gasteiger partial charge >= 0.3 is 5.97 Å². The van der Waals surface area contributed by atoms with Gasteiger partial charge in [-0.1, -0.05) is 51.5 Å². The minimum atomic E-state index is -1.95. The molecule has 1 fully saturated rings. The lowest BCUT2D eigenvalue weighted by Crippen LogP contribution is -2.44. The molecule has 5 nitrogen and oxygen atoms in total. The average molecular weight is 468 g/mol. The normalized spacial score (nSPS) is 18.7. The highest BCUT2D eigenvalue weighted by atomic mass is 32.2. The van der Waals surface area contributed by atoms with Crippen LogP contribution in [0.1, 0.15) is 78.0 Å². The lowest BCUT2D eigenvalue weighted by atomic mass is 9.64. The number of esters is 1. The molecule has 1 aliphatic carbocycles. The van der Waals surface area contributed by atoms with Crippen LogP contribution in [0.2, 0.25) is 18.1 Å². The first-order valence-electron chi connectivity index (χ1n) is 11.1. The van der Waals surface area contributed by atoms with E-state index in [0.29, 0.717) is 6.61 Å². The van der Waals surface area contributed by atoms with Gasteiger partial charge in [0.05, 0.1) is 40.9 Å². The fourth-order valence-electron chi connectivity index (χ4n) is 3.38. The summed E-state index contributed by atoms with van der Waals surface area (Å²) in [5, 5.41) is 0.0989. The van der Waals surface area contributed by atoms with Crippen LogP contribution in [0.4, 0.5) is 0 Å². The van der Waals surface area contributed by atoms with E-state index in [2.05, 4.69) is 38.6 Å². The van der Waals surface area contributed by atoms with Gasteiger partial charge in [-0.15, -0.1) is 0 Å². The summed E-state index contributed by atoms with van der Waals surface area (Å²) in [6.07, 6.45) is 2.68. The first kappa shape index (κ1) is 26.2. The summed E-state index contributed by atoms with van der Waals surface area (Å²) in [7, 11) is -1.73. The summed E-state index contributed by atoms with van der Waals surface area (Å²) in [6.45, 7) is 17.4. The molecule has 1 aliphatic rings. The van der Waals surface area contributed by atoms with Crippen molar-refractivity contribution in [3.8, 4) is 0 Å². The Morgan fingerprint density at radius 2 is 1.68 bits per heavy atom. The maximum absolute atomic E-state index is 12.9. The second-order valence-corrected chi connectivity index (χ2v) is 18.0. The van der Waals surface area contributed by atoms with Crippen molar-refractivity contribution in [2.45, 2.75) is 95.1 Å². The molecule has 0 aliphatic heterocycles. The second kappa shape index (κ2) is 9.46. The Labute approximate surface area is 192 Å². The molecule has 0 heterocycles. The first-order valence-corrected chi connectivity index (χ1v) is 15.2. The Bertz CT molecular complexity index is 789. The Morgan fingerprint density at radius 3 is 2.06 bits per heavy atom. The number of ether oxygens (including phenoxy) is 1. The van der Waals surface area contributed by atoms with Crippen LogP contribution in [-0.4, -0.2) is 37.0 Å². The highest BCUT2D eigenvalue weighted by Crippen LogP contribution is 2.45. The Morgan fingerprint density at radius 1 is 1.13 bits per heavy atom. The van der Waals surface area contributed by atoms with Crippen LogP contribution in [0, 0.1) is 0 Å². The Kier molecular flexibility index (Phi) is 8.00. The summed E-state index contributed by atoms with van der Waals surface area (Å²) in [5.74, 6) is -0.156. The molecule has 0 saturated heterocycles. The Balaban J connectivity index is 2.29. The molecule has 0 aromatic heterocycles. The molecule has 0 bridgehead atoms. The standard InChI is InChI=1S/C24H41NO4SSi/c1-22(2,3)30(27)25-20(17-29-31(8,9)23(4,5)6)18-11-13-19(14-12-18)24(15-10-16-24)21(26)28-7/h11-14,20,25H,10,15-17H2,1-9H3/t20-,30?/m1/s1. The molecule has 0 amide bonds. The maximum Gasteiger partial charge on any atom is 0.316 e. The minimum absolute atomic E-state index is 0.0989. The molecule has 31 heavy (non-hydrogen) atoms. The van der Waals surface area contributed by atoms with E-state index in [1.165, 1.54) is 7.11 Å². The predicted molar refractivity (Wildman–Crippen MR) is 131 cm³/mol. The molecule has 1 aromatic rings. The highest BCUT2D eigenvalue weighted by Gasteiger charge is 2.46. The molecule has 0 radical (unpaired) electrons. The predicted octanol–water partition coefficient (Wildman–Crippen LogP) is 5.40. The lowest BCUT2D eigenvalue weighted by molar-refractivity contribution is -0.151. The fourth-order valence-corrected chi connectivity index (χ4v) is 5.22. The number of carbonyl (C=O) groups excluding carboxylic acids is 1. The van der Waals surface area contributed by atoms with Crippen LogP contribution in [0.3, 0.4) is 0 Å². The number of benzene rings is 1. The van der Waals surface area contributed by atoms with Gasteiger partial charge in [0.15, 0.2) is 8.32 Å². The monoisotopic (exact) mass is 467 g/mol. The van der Waals surface area contributed by atoms with E-state index in [0.717, 1.165) is 30.4 Å². The van der Waals surface area contributed by atoms with Gasteiger partial charge in [-0.05, 0) is 62.9 Å². The topological polar surface area (TPSA) is 64.6 Å². The van der Waals surface area contributed by atoms with Crippen LogP contribution in [-0.2, 0) is 30.4 Å². The molecule has 1 aromatic carbocycles. The van der Waals surface area contributed by atoms with Crippen molar-refractivity contribution in [1.82, 2.24) is 4.72 Å². The van der Waals surface area contributed by atoms with Crippen molar-refractivity contribution in [2.24, 2.45) is 0 Å². The van der Waals surface area contributed by atoms with E-state index in [1.54, 1.807) is 0 Å². The van der Waals surface area contributed by atoms with Gasteiger partial charge in [-0.2, -0.15) is 0 Å². The van der Waals surface area contributed by atoms with Crippen LogP contribution in [0.5, 0.6) is 0 Å². The van der Waals surface area contributed by atoms with Gasteiger partial charge in [0, 0.05) is 0 Å². The van der Waals surface area contributed by atoms with Crippen LogP contribution < -0.4 is 4.72 Å². The molecule has 176 valence electrons. The van der Waals surface area contributed by atoms with Crippen LogP contribution >= 0.6 is 0 Å². The summed E-state index contributed by atoms with van der Waals surface area (Å²) >= 11 is 0. The smallest absolute Gasteiger partial charge is 0.316 e. The molecular weight excluding hydrogens is 426 g/mol. The molecule has 2 rings (SSSR count). The average Bonchev–Trinajstić information content (AvgIpc) is 2.62. The van der Waals surface area contributed by atoms with Crippen molar-refractivity contribution >= 4 is 25.3 Å². The summed E-state index contributed by atoms with van der Waals surface area (Å²) < 4.78 is 27.3. The van der Waals surface area contributed by atoms with Gasteiger partial charge in [0.1, 0.15) is 0 Å². The number of methoxy groups -OCH3 is 1. The van der Waals surface area contributed by atoms with Crippen molar-refractivity contribution in [1.29, 1.82) is 0 Å². The number of hydrogen-bond acceptors (Lipinski definition) is 4. The summed E-state index contributed by atoms with van der Waals surface area (Å²) in [6, 6.07) is 7.91. The van der Waals surface area contributed by atoms with Gasteiger partial charge < -0.3 is 9.16 Å². The van der Waals surface area contributed by atoms with E-state index >= 15 is 0 Å². The molecule has 7 heteroatoms. The zero-order valence-corrected chi connectivity index (χ0v) is 22.6. The van der Waals surface area contributed by atoms with E-state index < -0.39 is 24.7 Å². The zero-order valence-electron chi connectivity index (χ0n) is 20.8. The number of rotatable bonds is 8. The zero-order chi connectivity index (χ0) is 23.7. The van der Waals surface area contributed by atoms with Crippen molar-refractivity contribution < 1.29 is 18.2 Å². The fraction of sp³-hybridized carbons (Fsp3) is 0.708. The lowest BCUT2D eigenvalue weighted by Gasteiger charge is -2.39. The van der Waals surface area contributed by atoms with Crippen molar-refractivity contribution in [3.63, 3.8) is 0 Å². The molecule has 2 atom stereocenters. The third-order valence-electron chi connectivity index (χ3n) is 6.87. The third-order valence-corrected chi connectivity index (χ3v) is 13.0. The van der Waals surface area contributed by atoms with Gasteiger partial charge in [-0.25, -0.2) is 8.93 Å². The molecule has 1 N–H and O–H groups in total. The number of hydrogen-bond donors (Lipinski definition) is 1. The minimum Gasteiger partial charge on any atom is -0.468 e. The third kappa shape index (κ3) is 5.86. The first-order chi connectivity index (χ1) is 14.1. The van der Waals surface area contributed by atoms with Gasteiger partial charge in [-0.3, -0.25) is 4.79 Å². The van der Waals surface area contributed by atoms with Crippen LogP contribution in [0.25, 0.3) is 0 Å². The molecule has 1 saturated carbocycles. The molecular formula is C24H41NO4SSi. The van der Waals surface area contributed by atoms with E-state index in [4.69, 9.17) is 9.16 Å². The summed E-state index contributed by atoms with van der Waals surface area (Å²) in [5.41, 5.74) is 1.50. The largest absolute Gasteiger partial charge is 0.468 e. The summed E-state index contributed by atoms with van der Waals surface area (Å²) in [4.78, 5) is 12.4. The van der Waals surface area contributed by atoms with Crippen molar-refractivity contribution in [3.05, 3.63) is 35.4 Å². The maximum atomic E-state index is 12.9. The molecule has 0 spiro atoms. The van der Waals surface area contributed by atoms with Crippen LogP contribution in [0.15, 0.2) is 24.3 Å². The highest BCUT2D eigenvalue weighted by molar-refractivity contribution is 7.84. The van der Waals surface area contributed by atoms with E-state index in [1.807, 2.05) is 45.0 Å². The second-order valence-electron chi connectivity index (χ2n) is 11.2. The van der Waals surface area contributed by atoms with E-state index in [-0.39, 0.29) is 21.8 Å². The van der Waals surface area contributed by atoms with E-state index in [9.17, 15) is 9.00 Å². The molecule has 1 unspecified atom stereocenters. The Hall–Kier alpha value is -1.02. The number of nitrogens with one attached hydrogen (secondary N) is 1. The quantitative estimate of drug-likeness (QED) is 0.411. The number of carbonyl (C=O) groups is 1.